The first-order valence-electron chi connectivity index (χ1n) is 4.61. The number of carboxylic acids is 1. The Morgan fingerprint density at radius 1 is 1.40 bits per heavy atom. The molecule has 0 fully saturated rings. The lowest BCUT2D eigenvalue weighted by molar-refractivity contribution is -0.133. The Labute approximate surface area is 89.4 Å². The monoisotopic (exact) mass is 209 g/mol. The van der Waals surface area contributed by atoms with Crippen LogP contribution in [0.2, 0.25) is 0 Å². The van der Waals surface area contributed by atoms with Crippen molar-refractivity contribution in [3.05, 3.63) is 11.1 Å². The second-order valence-corrected chi connectivity index (χ2v) is 3.16. The molecule has 0 bridgehead atoms. The molecule has 1 amide bonds. The molecule has 0 aromatic carbocycles. The van der Waals surface area contributed by atoms with Crippen LogP contribution in [-0.4, -0.2) is 23.0 Å². The zero-order valence-corrected chi connectivity index (χ0v) is 9.13. The minimum Gasteiger partial charge on any atom is -0.478 e. The van der Waals surface area contributed by atoms with Gasteiger partial charge >= 0.3 is 5.97 Å². The predicted octanol–water partition coefficient (Wildman–Crippen LogP) is 0.935. The first kappa shape index (κ1) is 13.2. The van der Waals surface area contributed by atoms with E-state index in [9.17, 15) is 9.59 Å². The summed E-state index contributed by atoms with van der Waals surface area (Å²) in [4.78, 5) is 22.1. The van der Waals surface area contributed by atoms with Crippen LogP contribution in [-0.2, 0) is 9.59 Å². The summed E-state index contributed by atoms with van der Waals surface area (Å²) in [6.07, 6.45) is 5.78. The van der Waals surface area contributed by atoms with E-state index in [1.165, 1.54) is 13.8 Å². The van der Waals surface area contributed by atoms with Gasteiger partial charge in [0.1, 0.15) is 0 Å². The number of rotatable bonds is 4. The number of amides is 1. The van der Waals surface area contributed by atoms with E-state index in [-0.39, 0.29) is 17.2 Å². The maximum absolute atomic E-state index is 11.5. The van der Waals surface area contributed by atoms with Crippen molar-refractivity contribution in [1.29, 1.82) is 0 Å². The number of carboxylic acid groups (broad SMARTS) is 1. The highest BCUT2D eigenvalue weighted by Gasteiger charge is 2.14. The summed E-state index contributed by atoms with van der Waals surface area (Å²) in [6, 6.07) is -0.353. The second kappa shape index (κ2) is 5.86. The van der Waals surface area contributed by atoms with Gasteiger partial charge in [0.15, 0.2) is 0 Å². The normalized spacial score (nSPS) is 13.5. The standard InChI is InChI=1S/C11H15NO3/c1-5-9(6-2)12-10(13)7(3)8(4)11(14)15/h1,9H,6H2,2-4H3,(H,12,13)(H,14,15). The van der Waals surface area contributed by atoms with Crippen LogP contribution < -0.4 is 5.32 Å². The van der Waals surface area contributed by atoms with E-state index >= 15 is 0 Å². The lowest BCUT2D eigenvalue weighted by Gasteiger charge is -2.11. The minimum atomic E-state index is -1.10. The molecule has 0 aromatic heterocycles. The number of carbonyl (C=O) groups excluding carboxylic acids is 1. The van der Waals surface area contributed by atoms with Gasteiger partial charge in [0.05, 0.1) is 6.04 Å². The summed E-state index contributed by atoms with van der Waals surface area (Å²) in [5.41, 5.74) is 0.204. The molecule has 1 atom stereocenters. The van der Waals surface area contributed by atoms with E-state index in [4.69, 9.17) is 11.5 Å². The van der Waals surface area contributed by atoms with Crippen LogP contribution in [0.25, 0.3) is 0 Å². The smallest absolute Gasteiger partial charge is 0.331 e. The topological polar surface area (TPSA) is 66.4 Å². The average molecular weight is 209 g/mol. The molecule has 82 valence electrons. The van der Waals surface area contributed by atoms with Crippen LogP contribution >= 0.6 is 0 Å². The van der Waals surface area contributed by atoms with E-state index in [1.807, 2.05) is 6.92 Å². The first-order chi connectivity index (χ1) is 6.93. The molecule has 0 rings (SSSR count). The Morgan fingerprint density at radius 2 is 1.93 bits per heavy atom. The van der Waals surface area contributed by atoms with Crippen LogP contribution in [0.5, 0.6) is 0 Å². The molecular formula is C11H15NO3. The van der Waals surface area contributed by atoms with E-state index in [0.717, 1.165) is 0 Å². The molecule has 15 heavy (non-hydrogen) atoms. The van der Waals surface area contributed by atoms with Crippen molar-refractivity contribution >= 4 is 11.9 Å². The second-order valence-electron chi connectivity index (χ2n) is 3.16. The third-order valence-electron chi connectivity index (χ3n) is 2.14. The molecule has 0 heterocycles. The van der Waals surface area contributed by atoms with Crippen molar-refractivity contribution in [2.45, 2.75) is 33.2 Å². The molecule has 0 aromatic rings. The lowest BCUT2D eigenvalue weighted by atomic mass is 10.1. The fourth-order valence-electron chi connectivity index (χ4n) is 0.859. The Morgan fingerprint density at radius 3 is 2.27 bits per heavy atom. The number of hydrogen-bond acceptors (Lipinski definition) is 2. The summed E-state index contributed by atoms with van der Waals surface area (Å²) >= 11 is 0. The van der Waals surface area contributed by atoms with Crippen LogP contribution in [0.15, 0.2) is 11.1 Å². The molecule has 0 spiro atoms. The molecule has 0 aliphatic heterocycles. The van der Waals surface area contributed by atoms with Crippen molar-refractivity contribution in [3.8, 4) is 12.3 Å². The number of carbonyl (C=O) groups is 2. The average Bonchev–Trinajstić information content (AvgIpc) is 2.23. The van der Waals surface area contributed by atoms with E-state index in [0.29, 0.717) is 6.42 Å². The molecule has 1 unspecified atom stereocenters. The van der Waals surface area contributed by atoms with Gasteiger partial charge in [0.2, 0.25) is 5.91 Å². The number of hydrogen-bond donors (Lipinski definition) is 2. The van der Waals surface area contributed by atoms with Crippen LogP contribution in [0.4, 0.5) is 0 Å². The fourth-order valence-corrected chi connectivity index (χ4v) is 0.859. The predicted molar refractivity (Wildman–Crippen MR) is 57.1 cm³/mol. The highest BCUT2D eigenvalue weighted by atomic mass is 16.4. The van der Waals surface area contributed by atoms with Gasteiger partial charge in [-0.25, -0.2) is 4.79 Å². The highest BCUT2D eigenvalue weighted by Crippen LogP contribution is 2.04. The Kier molecular flexibility index (Phi) is 5.18. The maximum Gasteiger partial charge on any atom is 0.331 e. The molecule has 0 saturated heterocycles. The Bertz CT molecular complexity index is 336. The zero-order valence-electron chi connectivity index (χ0n) is 9.13. The largest absolute Gasteiger partial charge is 0.478 e. The molecule has 0 radical (unpaired) electrons. The number of terminal acetylenes is 1. The minimum absolute atomic E-state index is 0.0272. The Hall–Kier alpha value is -1.76. The van der Waals surface area contributed by atoms with Gasteiger partial charge in [-0.05, 0) is 20.3 Å². The van der Waals surface area contributed by atoms with Crippen molar-refractivity contribution < 1.29 is 14.7 Å². The zero-order chi connectivity index (χ0) is 12.0. The van der Waals surface area contributed by atoms with Gasteiger partial charge in [-0.2, -0.15) is 0 Å². The fraction of sp³-hybridized carbons (Fsp3) is 0.455. The van der Waals surface area contributed by atoms with E-state index < -0.39 is 11.9 Å². The van der Waals surface area contributed by atoms with E-state index in [1.54, 1.807) is 0 Å². The van der Waals surface area contributed by atoms with Gasteiger partial charge in [0.25, 0.3) is 0 Å². The summed E-state index contributed by atoms with van der Waals surface area (Å²) in [5.74, 6) is 0.872. The van der Waals surface area contributed by atoms with Crippen molar-refractivity contribution in [2.24, 2.45) is 0 Å². The maximum atomic E-state index is 11.5. The summed E-state index contributed by atoms with van der Waals surface area (Å²) in [5, 5.41) is 11.2. The highest BCUT2D eigenvalue weighted by molar-refractivity contribution is 6.01. The molecule has 0 aliphatic carbocycles. The molecule has 0 aliphatic rings. The van der Waals surface area contributed by atoms with Crippen molar-refractivity contribution in [2.75, 3.05) is 0 Å². The molecule has 4 heteroatoms. The SMILES string of the molecule is C#CC(CC)NC(=O)C(C)=C(C)C(=O)O. The third kappa shape index (κ3) is 3.86. The molecule has 0 saturated carbocycles. The summed E-state index contributed by atoms with van der Waals surface area (Å²) in [7, 11) is 0. The van der Waals surface area contributed by atoms with Crippen molar-refractivity contribution in [1.82, 2.24) is 5.32 Å². The van der Waals surface area contributed by atoms with Crippen LogP contribution in [0.3, 0.4) is 0 Å². The number of nitrogens with one attached hydrogen (secondary N) is 1. The van der Waals surface area contributed by atoms with Gasteiger partial charge in [0, 0.05) is 11.1 Å². The molecule has 2 N–H and O–H groups in total. The van der Waals surface area contributed by atoms with Gasteiger partial charge in [-0.15, -0.1) is 6.42 Å². The number of aliphatic carboxylic acids is 1. The van der Waals surface area contributed by atoms with Crippen LogP contribution in [0, 0.1) is 12.3 Å². The van der Waals surface area contributed by atoms with Gasteiger partial charge < -0.3 is 10.4 Å². The van der Waals surface area contributed by atoms with Crippen LogP contribution in [0.1, 0.15) is 27.2 Å². The molecular weight excluding hydrogens is 194 g/mol. The lowest BCUT2D eigenvalue weighted by Crippen LogP contribution is -2.34. The van der Waals surface area contributed by atoms with Gasteiger partial charge in [-0.3, -0.25) is 4.79 Å². The third-order valence-corrected chi connectivity index (χ3v) is 2.14. The molecule has 4 nitrogen and oxygen atoms in total. The van der Waals surface area contributed by atoms with Crippen molar-refractivity contribution in [3.63, 3.8) is 0 Å². The summed E-state index contributed by atoms with van der Waals surface area (Å²) in [6.45, 7) is 4.68. The summed E-state index contributed by atoms with van der Waals surface area (Å²) < 4.78 is 0. The quantitative estimate of drug-likeness (QED) is 0.535. The first-order valence-corrected chi connectivity index (χ1v) is 4.61. The Balaban J connectivity index is 4.68. The van der Waals surface area contributed by atoms with Gasteiger partial charge in [-0.1, -0.05) is 12.8 Å². The van der Waals surface area contributed by atoms with E-state index in [2.05, 4.69) is 11.2 Å².